The largest absolute Gasteiger partial charge is 0.416 e. The lowest BCUT2D eigenvalue weighted by Crippen LogP contribution is -2.04. The minimum atomic E-state index is -4.32. The molecule has 2 nitrogen and oxygen atoms in total. The normalized spacial score (nSPS) is 12.0. The van der Waals surface area contributed by atoms with Crippen LogP contribution in [0.25, 0.3) is 11.0 Å². The third kappa shape index (κ3) is 3.39. The average Bonchev–Trinajstić information content (AvgIpc) is 2.86. The topological polar surface area (TPSA) is 28.7 Å². The summed E-state index contributed by atoms with van der Waals surface area (Å²) in [5, 5.41) is 1.25. The molecule has 0 aliphatic carbocycles. The van der Waals surface area contributed by atoms with Crippen molar-refractivity contribution < 1.29 is 13.2 Å². The zero-order chi connectivity index (χ0) is 15.7. The first-order valence-corrected chi connectivity index (χ1v) is 7.72. The highest BCUT2D eigenvalue weighted by atomic mass is 35.5. The Hall–Kier alpha value is -1.66. The Labute approximate surface area is 133 Å². The van der Waals surface area contributed by atoms with Crippen LogP contribution in [0.3, 0.4) is 0 Å². The molecule has 1 N–H and O–H groups in total. The Bertz CT molecular complexity index is 814. The molecule has 3 aromatic rings. The summed E-state index contributed by atoms with van der Waals surface area (Å²) in [5.41, 5.74) is 1.54. The van der Waals surface area contributed by atoms with Crippen LogP contribution in [-0.4, -0.2) is 9.97 Å². The van der Waals surface area contributed by atoms with E-state index in [1.165, 1.54) is 17.8 Å². The predicted octanol–water partition coefficient (Wildman–Crippen LogP) is 5.53. The maximum absolute atomic E-state index is 12.7. The molecule has 0 radical (unpaired) electrons. The molecule has 0 amide bonds. The predicted molar refractivity (Wildman–Crippen MR) is 82.1 cm³/mol. The second-order valence-electron chi connectivity index (χ2n) is 4.69. The van der Waals surface area contributed by atoms with Crippen LogP contribution in [-0.2, 0) is 11.9 Å². The zero-order valence-electron chi connectivity index (χ0n) is 11.1. The Morgan fingerprint density at radius 1 is 1.14 bits per heavy atom. The number of thioether (sulfide) groups is 1. The highest BCUT2D eigenvalue weighted by molar-refractivity contribution is 7.98. The Morgan fingerprint density at radius 3 is 2.73 bits per heavy atom. The van der Waals surface area contributed by atoms with E-state index in [1.807, 2.05) is 0 Å². The number of benzene rings is 2. The van der Waals surface area contributed by atoms with E-state index in [9.17, 15) is 13.2 Å². The van der Waals surface area contributed by atoms with Gasteiger partial charge in [-0.25, -0.2) is 4.98 Å². The number of hydrogen-bond donors (Lipinski definition) is 1. The van der Waals surface area contributed by atoms with Crippen LogP contribution in [0.1, 0.15) is 11.1 Å². The first kappa shape index (κ1) is 15.2. The zero-order valence-corrected chi connectivity index (χ0v) is 12.7. The lowest BCUT2D eigenvalue weighted by Gasteiger charge is -2.07. The van der Waals surface area contributed by atoms with Crippen molar-refractivity contribution in [3.63, 3.8) is 0 Å². The minimum absolute atomic E-state index is 0.400. The number of hydrogen-bond acceptors (Lipinski definition) is 2. The van der Waals surface area contributed by atoms with Crippen molar-refractivity contribution in [2.45, 2.75) is 17.1 Å². The Kier molecular flexibility index (Phi) is 4.06. The molecule has 0 spiro atoms. The van der Waals surface area contributed by atoms with Gasteiger partial charge in [-0.15, -0.1) is 0 Å². The van der Waals surface area contributed by atoms with Crippen LogP contribution >= 0.6 is 23.4 Å². The Balaban J connectivity index is 1.76. The van der Waals surface area contributed by atoms with Gasteiger partial charge in [0.1, 0.15) is 0 Å². The summed E-state index contributed by atoms with van der Waals surface area (Å²) in [6, 6.07) is 10.6. The summed E-state index contributed by atoms with van der Waals surface area (Å²) in [4.78, 5) is 7.46. The maximum atomic E-state index is 12.7. The molecule has 0 fully saturated rings. The molecular weight excluding hydrogens is 333 g/mol. The molecule has 7 heteroatoms. The molecule has 1 aromatic heterocycles. The van der Waals surface area contributed by atoms with Gasteiger partial charge in [0.25, 0.3) is 0 Å². The number of aromatic amines is 1. The quantitative estimate of drug-likeness (QED) is 0.634. The summed E-state index contributed by atoms with van der Waals surface area (Å²) >= 11 is 7.25. The third-order valence-corrected chi connectivity index (χ3v) is 4.23. The highest BCUT2D eigenvalue weighted by Crippen LogP contribution is 2.31. The van der Waals surface area contributed by atoms with Gasteiger partial charge in [0.05, 0.1) is 16.6 Å². The standard InChI is InChI=1S/C15H10ClF3N2S/c16-11-4-5-12-13(7-11)21-14(20-12)22-8-9-2-1-3-10(6-9)15(17,18)19/h1-7H,8H2,(H,20,21). The van der Waals surface area contributed by atoms with E-state index in [0.717, 1.165) is 23.2 Å². The molecule has 0 aliphatic heterocycles. The molecule has 2 aromatic carbocycles. The molecule has 0 aliphatic rings. The van der Waals surface area contributed by atoms with Crippen molar-refractivity contribution in [1.82, 2.24) is 9.97 Å². The molecule has 0 saturated carbocycles. The number of aromatic nitrogens is 2. The van der Waals surface area contributed by atoms with Gasteiger partial charge in [-0.2, -0.15) is 13.2 Å². The van der Waals surface area contributed by atoms with E-state index < -0.39 is 11.7 Å². The molecule has 0 unspecified atom stereocenters. The molecule has 0 atom stereocenters. The number of rotatable bonds is 3. The van der Waals surface area contributed by atoms with Crippen molar-refractivity contribution in [3.8, 4) is 0 Å². The van der Waals surface area contributed by atoms with Gasteiger partial charge < -0.3 is 4.98 Å². The summed E-state index contributed by atoms with van der Waals surface area (Å²) in [6.07, 6.45) is -4.32. The molecular formula is C15H10ClF3N2S. The van der Waals surface area contributed by atoms with Gasteiger partial charge in [0.2, 0.25) is 0 Å². The second-order valence-corrected chi connectivity index (χ2v) is 6.09. The Morgan fingerprint density at radius 2 is 1.95 bits per heavy atom. The molecule has 0 saturated heterocycles. The average molecular weight is 343 g/mol. The summed E-state index contributed by atoms with van der Waals surface area (Å²) < 4.78 is 38.0. The fourth-order valence-corrected chi connectivity index (χ4v) is 3.02. The van der Waals surface area contributed by atoms with Crippen LogP contribution < -0.4 is 0 Å². The molecule has 1 heterocycles. The highest BCUT2D eigenvalue weighted by Gasteiger charge is 2.30. The van der Waals surface area contributed by atoms with E-state index in [4.69, 9.17) is 11.6 Å². The minimum Gasteiger partial charge on any atom is -0.333 e. The molecule has 114 valence electrons. The monoisotopic (exact) mass is 342 g/mol. The lowest BCUT2D eigenvalue weighted by molar-refractivity contribution is -0.137. The van der Waals surface area contributed by atoms with E-state index in [1.54, 1.807) is 24.3 Å². The number of alkyl halides is 3. The first-order valence-electron chi connectivity index (χ1n) is 6.36. The van der Waals surface area contributed by atoms with Gasteiger partial charge in [0, 0.05) is 10.8 Å². The number of fused-ring (bicyclic) bond motifs is 1. The van der Waals surface area contributed by atoms with E-state index >= 15 is 0 Å². The van der Waals surface area contributed by atoms with E-state index in [2.05, 4.69) is 9.97 Å². The van der Waals surface area contributed by atoms with E-state index in [-0.39, 0.29) is 0 Å². The van der Waals surface area contributed by atoms with Crippen molar-refractivity contribution in [2.24, 2.45) is 0 Å². The third-order valence-electron chi connectivity index (χ3n) is 3.05. The molecule has 22 heavy (non-hydrogen) atoms. The number of imidazole rings is 1. The van der Waals surface area contributed by atoms with Gasteiger partial charge in [-0.05, 0) is 29.8 Å². The first-order chi connectivity index (χ1) is 10.4. The van der Waals surface area contributed by atoms with Crippen LogP contribution in [0, 0.1) is 0 Å². The van der Waals surface area contributed by atoms with Crippen LogP contribution in [0.4, 0.5) is 13.2 Å². The number of halogens is 4. The van der Waals surface area contributed by atoms with Crippen molar-refractivity contribution in [1.29, 1.82) is 0 Å². The van der Waals surface area contributed by atoms with Crippen LogP contribution in [0.2, 0.25) is 5.02 Å². The van der Waals surface area contributed by atoms with E-state index in [0.29, 0.717) is 21.5 Å². The van der Waals surface area contributed by atoms with Gasteiger partial charge in [-0.3, -0.25) is 0 Å². The molecule has 0 bridgehead atoms. The van der Waals surface area contributed by atoms with Crippen LogP contribution in [0.15, 0.2) is 47.6 Å². The SMILES string of the molecule is FC(F)(F)c1cccc(CSc2nc3ccc(Cl)cc3[nH]2)c1. The van der Waals surface area contributed by atoms with Gasteiger partial charge >= 0.3 is 6.18 Å². The van der Waals surface area contributed by atoms with Gasteiger partial charge in [0.15, 0.2) is 5.16 Å². The summed E-state index contributed by atoms with van der Waals surface area (Å²) in [6.45, 7) is 0. The fraction of sp³-hybridized carbons (Fsp3) is 0.133. The second kappa shape index (κ2) is 5.85. The maximum Gasteiger partial charge on any atom is 0.416 e. The number of H-pyrrole nitrogens is 1. The molecule has 3 rings (SSSR count). The number of nitrogens with one attached hydrogen (secondary N) is 1. The summed E-state index contributed by atoms with van der Waals surface area (Å²) in [5.74, 6) is 0.400. The van der Waals surface area contributed by atoms with Gasteiger partial charge in [-0.1, -0.05) is 41.6 Å². The van der Waals surface area contributed by atoms with Crippen molar-refractivity contribution >= 4 is 34.4 Å². The summed E-state index contributed by atoms with van der Waals surface area (Å²) in [7, 11) is 0. The fourth-order valence-electron chi connectivity index (χ4n) is 2.02. The lowest BCUT2D eigenvalue weighted by atomic mass is 10.1. The van der Waals surface area contributed by atoms with Crippen molar-refractivity contribution in [3.05, 3.63) is 58.6 Å². The van der Waals surface area contributed by atoms with Crippen LogP contribution in [0.5, 0.6) is 0 Å². The van der Waals surface area contributed by atoms with Crippen molar-refractivity contribution in [2.75, 3.05) is 0 Å². The smallest absolute Gasteiger partial charge is 0.333 e. The number of nitrogens with zero attached hydrogens (tertiary/aromatic N) is 1.